The molecule has 1 atom stereocenters. The van der Waals surface area contributed by atoms with Crippen molar-refractivity contribution in [3.63, 3.8) is 0 Å². The number of sulfonamides is 1. The van der Waals surface area contributed by atoms with E-state index in [-0.39, 0.29) is 11.8 Å². The van der Waals surface area contributed by atoms with Crippen LogP contribution in [0.1, 0.15) is 30.4 Å². The van der Waals surface area contributed by atoms with E-state index in [1.54, 1.807) is 24.3 Å². The van der Waals surface area contributed by atoms with Crippen LogP contribution in [-0.4, -0.2) is 39.5 Å². The van der Waals surface area contributed by atoms with Crippen molar-refractivity contribution in [3.05, 3.63) is 35.4 Å². The molecule has 1 aliphatic heterocycles. The topological polar surface area (TPSA) is 73.2 Å². The molecule has 0 spiro atoms. The lowest BCUT2D eigenvalue weighted by molar-refractivity contribution is 0.187. The fourth-order valence-corrected chi connectivity index (χ4v) is 3.75. The molecule has 114 valence electrons. The highest BCUT2D eigenvalue weighted by atomic mass is 32.2. The molecule has 0 bridgehead atoms. The molecule has 0 saturated carbocycles. The maximum atomic E-state index is 12.1. The second kappa shape index (κ2) is 7.03. The molecule has 0 aliphatic carbocycles. The van der Waals surface area contributed by atoms with Crippen LogP contribution in [-0.2, 0) is 15.8 Å². The molecule has 5 nitrogen and oxygen atoms in total. The van der Waals surface area contributed by atoms with E-state index in [0.717, 1.165) is 19.4 Å². The third-order valence-corrected chi connectivity index (χ3v) is 5.22. The molecule has 1 fully saturated rings. The molecule has 1 unspecified atom stereocenters. The minimum absolute atomic E-state index is 0.0465. The second-order valence-electron chi connectivity index (χ2n) is 5.55. The SMILES string of the molecule is CN1CCCCC1CNS(=O)(=O)Cc1ccc(C#N)cc1. The summed E-state index contributed by atoms with van der Waals surface area (Å²) < 4.78 is 26.9. The summed E-state index contributed by atoms with van der Waals surface area (Å²) in [7, 11) is -1.30. The highest BCUT2D eigenvalue weighted by molar-refractivity contribution is 7.88. The van der Waals surface area contributed by atoms with Crippen molar-refractivity contribution in [1.29, 1.82) is 5.26 Å². The summed E-state index contributed by atoms with van der Waals surface area (Å²) in [5.41, 5.74) is 1.23. The van der Waals surface area contributed by atoms with E-state index in [1.165, 1.54) is 6.42 Å². The standard InChI is InChI=1S/C15H21N3O2S/c1-18-9-3-2-4-15(18)11-17-21(19,20)12-14-7-5-13(10-16)6-8-14/h5-8,15,17H,2-4,9,11-12H2,1H3. The van der Waals surface area contributed by atoms with Crippen molar-refractivity contribution in [2.45, 2.75) is 31.1 Å². The minimum atomic E-state index is -3.34. The Labute approximate surface area is 126 Å². The Kier molecular flexibility index (Phi) is 5.34. The first-order valence-corrected chi connectivity index (χ1v) is 8.82. The van der Waals surface area contributed by atoms with E-state index in [1.807, 2.05) is 13.1 Å². The van der Waals surface area contributed by atoms with Crippen LogP contribution in [0.15, 0.2) is 24.3 Å². The van der Waals surface area contributed by atoms with Gasteiger partial charge in [-0.25, -0.2) is 13.1 Å². The fraction of sp³-hybridized carbons (Fsp3) is 0.533. The van der Waals surface area contributed by atoms with Crippen molar-refractivity contribution in [3.8, 4) is 6.07 Å². The average Bonchev–Trinajstić information content (AvgIpc) is 2.47. The molecule has 1 N–H and O–H groups in total. The van der Waals surface area contributed by atoms with E-state index < -0.39 is 10.0 Å². The molecule has 1 saturated heterocycles. The van der Waals surface area contributed by atoms with E-state index in [9.17, 15) is 8.42 Å². The maximum absolute atomic E-state index is 12.1. The zero-order chi connectivity index (χ0) is 15.3. The van der Waals surface area contributed by atoms with Gasteiger partial charge in [0.2, 0.25) is 10.0 Å². The quantitative estimate of drug-likeness (QED) is 0.894. The summed E-state index contributed by atoms with van der Waals surface area (Å²) in [5, 5.41) is 8.73. The van der Waals surface area contributed by atoms with E-state index in [4.69, 9.17) is 5.26 Å². The van der Waals surface area contributed by atoms with Crippen LogP contribution in [0.25, 0.3) is 0 Å². The van der Waals surface area contributed by atoms with Crippen molar-refractivity contribution in [2.75, 3.05) is 20.1 Å². The van der Waals surface area contributed by atoms with Gasteiger partial charge < -0.3 is 4.90 Å². The summed E-state index contributed by atoms with van der Waals surface area (Å²) in [6.07, 6.45) is 3.38. The van der Waals surface area contributed by atoms with Crippen LogP contribution in [0.5, 0.6) is 0 Å². The van der Waals surface area contributed by atoms with Crippen LogP contribution in [0, 0.1) is 11.3 Å². The van der Waals surface area contributed by atoms with Gasteiger partial charge in [-0.2, -0.15) is 5.26 Å². The molecule has 1 aromatic carbocycles. The van der Waals surface area contributed by atoms with Gasteiger partial charge in [0, 0.05) is 12.6 Å². The van der Waals surface area contributed by atoms with Crippen LogP contribution < -0.4 is 4.72 Å². The number of nitrogens with one attached hydrogen (secondary N) is 1. The van der Waals surface area contributed by atoms with Gasteiger partial charge in [0.15, 0.2) is 0 Å². The number of likely N-dealkylation sites (tertiary alicyclic amines) is 1. The number of likely N-dealkylation sites (N-methyl/N-ethyl adjacent to an activating group) is 1. The molecule has 0 radical (unpaired) electrons. The molecule has 1 aliphatic rings. The molecule has 21 heavy (non-hydrogen) atoms. The lowest BCUT2D eigenvalue weighted by Gasteiger charge is -2.32. The van der Waals surface area contributed by atoms with E-state index >= 15 is 0 Å². The van der Waals surface area contributed by atoms with Crippen LogP contribution in [0.3, 0.4) is 0 Å². The van der Waals surface area contributed by atoms with Crippen LogP contribution >= 0.6 is 0 Å². The monoisotopic (exact) mass is 307 g/mol. The molecule has 2 rings (SSSR count). The van der Waals surface area contributed by atoms with Gasteiger partial charge in [-0.1, -0.05) is 18.6 Å². The Morgan fingerprint density at radius 2 is 2.05 bits per heavy atom. The highest BCUT2D eigenvalue weighted by Crippen LogP contribution is 2.14. The lowest BCUT2D eigenvalue weighted by atomic mass is 10.0. The van der Waals surface area contributed by atoms with E-state index in [0.29, 0.717) is 17.7 Å². The maximum Gasteiger partial charge on any atom is 0.215 e. The Morgan fingerprint density at radius 3 is 2.67 bits per heavy atom. The fourth-order valence-electron chi connectivity index (χ4n) is 2.57. The van der Waals surface area contributed by atoms with Gasteiger partial charge >= 0.3 is 0 Å². The Morgan fingerprint density at radius 1 is 1.33 bits per heavy atom. The second-order valence-corrected chi connectivity index (χ2v) is 7.35. The van der Waals surface area contributed by atoms with Gasteiger partial charge in [0.25, 0.3) is 0 Å². The first-order valence-electron chi connectivity index (χ1n) is 7.17. The first kappa shape index (κ1) is 16.0. The third-order valence-electron chi connectivity index (χ3n) is 3.90. The van der Waals surface area contributed by atoms with Crippen LogP contribution in [0.2, 0.25) is 0 Å². The summed E-state index contributed by atoms with van der Waals surface area (Å²) in [4.78, 5) is 2.22. The summed E-state index contributed by atoms with van der Waals surface area (Å²) >= 11 is 0. The number of nitrogens with zero attached hydrogens (tertiary/aromatic N) is 2. The molecule has 6 heteroatoms. The summed E-state index contributed by atoms with van der Waals surface area (Å²) in [5.74, 6) is -0.0465. The largest absolute Gasteiger partial charge is 0.302 e. The number of piperidine rings is 1. The van der Waals surface area contributed by atoms with Gasteiger partial charge in [0.1, 0.15) is 0 Å². The molecule has 0 aromatic heterocycles. The van der Waals surface area contributed by atoms with Crippen molar-refractivity contribution >= 4 is 10.0 Å². The zero-order valence-corrected chi connectivity index (χ0v) is 13.1. The molecular weight excluding hydrogens is 286 g/mol. The average molecular weight is 307 g/mol. The number of hydrogen-bond donors (Lipinski definition) is 1. The van der Waals surface area contributed by atoms with E-state index in [2.05, 4.69) is 9.62 Å². The number of hydrogen-bond acceptors (Lipinski definition) is 4. The summed E-state index contributed by atoms with van der Waals surface area (Å²) in [6, 6.07) is 8.95. The Bertz CT molecular complexity index is 605. The van der Waals surface area contributed by atoms with Gasteiger partial charge in [0.05, 0.1) is 17.4 Å². The normalized spacial score (nSPS) is 20.1. The third kappa shape index (κ3) is 4.81. The predicted octanol–water partition coefficient (Wildman–Crippen LogP) is 1.46. The van der Waals surface area contributed by atoms with Gasteiger partial charge in [-0.15, -0.1) is 0 Å². The Hall–Kier alpha value is -1.42. The van der Waals surface area contributed by atoms with Gasteiger partial charge in [-0.3, -0.25) is 0 Å². The summed E-state index contributed by atoms with van der Waals surface area (Å²) in [6.45, 7) is 1.50. The predicted molar refractivity (Wildman–Crippen MR) is 82.1 cm³/mol. The highest BCUT2D eigenvalue weighted by Gasteiger charge is 2.21. The number of benzene rings is 1. The molecule has 1 aromatic rings. The Balaban J connectivity index is 1.90. The van der Waals surface area contributed by atoms with Crippen LogP contribution in [0.4, 0.5) is 0 Å². The molecule has 1 heterocycles. The zero-order valence-electron chi connectivity index (χ0n) is 12.2. The molecule has 0 amide bonds. The van der Waals surface area contributed by atoms with Crippen molar-refractivity contribution in [2.24, 2.45) is 0 Å². The smallest absolute Gasteiger partial charge is 0.215 e. The number of rotatable bonds is 5. The van der Waals surface area contributed by atoms with Crippen molar-refractivity contribution in [1.82, 2.24) is 9.62 Å². The molecular formula is C15H21N3O2S. The first-order chi connectivity index (χ1) is 10.00. The lowest BCUT2D eigenvalue weighted by Crippen LogP contribution is -2.44. The minimum Gasteiger partial charge on any atom is -0.302 e. The van der Waals surface area contributed by atoms with Crippen molar-refractivity contribution < 1.29 is 8.42 Å². The number of nitriles is 1. The van der Waals surface area contributed by atoms with Gasteiger partial charge in [-0.05, 0) is 44.1 Å².